The van der Waals surface area contributed by atoms with Crippen LogP contribution in [0.1, 0.15) is 40.2 Å². The van der Waals surface area contributed by atoms with E-state index in [-0.39, 0.29) is 5.73 Å². The van der Waals surface area contributed by atoms with Crippen molar-refractivity contribution in [3.63, 3.8) is 0 Å². The Kier molecular flexibility index (Phi) is 4.17. The van der Waals surface area contributed by atoms with E-state index in [0.29, 0.717) is 5.57 Å². The molecule has 27 heavy (non-hydrogen) atoms. The van der Waals surface area contributed by atoms with Crippen LogP contribution in [0, 0.1) is 0 Å². The number of hydrogen-bond donors (Lipinski definition) is 0. The van der Waals surface area contributed by atoms with Crippen molar-refractivity contribution in [3.05, 3.63) is 65.9 Å². The average Bonchev–Trinajstić information content (AvgIpc) is 2.86. The standard InChI is InChI=1S/C23H24BFO2/c1-15(21(25)24-26-22(2,3)23(4,5)27-24)20-18-12-8-6-10-16(18)14-17-11-7-9-13-19(17)20/h6-14H,1-5H3. The highest BCUT2D eigenvalue weighted by Gasteiger charge is 2.53. The minimum Gasteiger partial charge on any atom is -0.398 e. The largest absolute Gasteiger partial charge is 0.525 e. The molecule has 0 N–H and O–H groups in total. The third-order valence-corrected chi connectivity index (χ3v) is 5.96. The second kappa shape index (κ2) is 6.18. The Bertz CT molecular complexity index is 998. The molecule has 0 spiro atoms. The molecule has 0 aliphatic carbocycles. The average molecular weight is 362 g/mol. The fourth-order valence-corrected chi connectivity index (χ4v) is 3.66. The molecule has 4 rings (SSSR count). The predicted molar refractivity (Wildman–Crippen MR) is 111 cm³/mol. The van der Waals surface area contributed by atoms with Gasteiger partial charge < -0.3 is 9.31 Å². The number of rotatable bonds is 2. The molecule has 138 valence electrons. The second-order valence-corrected chi connectivity index (χ2v) is 8.26. The Balaban J connectivity index is 1.94. The van der Waals surface area contributed by atoms with Gasteiger partial charge in [-0.15, -0.1) is 0 Å². The van der Waals surface area contributed by atoms with Crippen molar-refractivity contribution in [3.8, 4) is 0 Å². The van der Waals surface area contributed by atoms with Crippen LogP contribution in [-0.4, -0.2) is 18.3 Å². The van der Waals surface area contributed by atoms with Gasteiger partial charge in [-0.05, 0) is 73.4 Å². The summed E-state index contributed by atoms with van der Waals surface area (Å²) < 4.78 is 27.4. The van der Waals surface area contributed by atoms with E-state index < -0.39 is 18.3 Å². The van der Waals surface area contributed by atoms with Gasteiger partial charge in [-0.1, -0.05) is 48.5 Å². The quantitative estimate of drug-likeness (QED) is 0.392. The Morgan fingerprint density at radius 1 is 0.815 bits per heavy atom. The number of benzene rings is 3. The summed E-state index contributed by atoms with van der Waals surface area (Å²) >= 11 is 0. The van der Waals surface area contributed by atoms with Crippen molar-refractivity contribution in [2.24, 2.45) is 0 Å². The predicted octanol–water partition coefficient (Wildman–Crippen LogP) is 6.32. The summed E-state index contributed by atoms with van der Waals surface area (Å²) in [5.41, 5.74) is -0.0563. The lowest BCUT2D eigenvalue weighted by Gasteiger charge is -2.32. The first-order valence-electron chi connectivity index (χ1n) is 9.34. The number of fused-ring (bicyclic) bond motifs is 2. The fraction of sp³-hybridized carbons (Fsp3) is 0.304. The highest BCUT2D eigenvalue weighted by Crippen LogP contribution is 2.42. The first-order chi connectivity index (χ1) is 12.7. The van der Waals surface area contributed by atoms with E-state index in [2.05, 4.69) is 18.2 Å². The third kappa shape index (κ3) is 2.88. The van der Waals surface area contributed by atoms with Gasteiger partial charge in [-0.3, -0.25) is 0 Å². The van der Waals surface area contributed by atoms with Gasteiger partial charge in [0.15, 0.2) is 0 Å². The Labute approximate surface area is 160 Å². The molecule has 4 heteroatoms. The maximum atomic E-state index is 15.6. The Morgan fingerprint density at radius 2 is 1.26 bits per heavy atom. The van der Waals surface area contributed by atoms with Gasteiger partial charge in [0.05, 0.1) is 11.2 Å². The van der Waals surface area contributed by atoms with E-state index in [9.17, 15) is 0 Å². The van der Waals surface area contributed by atoms with Crippen LogP contribution in [0.3, 0.4) is 0 Å². The summed E-state index contributed by atoms with van der Waals surface area (Å²) in [7, 11) is -0.993. The van der Waals surface area contributed by atoms with Crippen molar-refractivity contribution in [1.82, 2.24) is 0 Å². The molecule has 1 fully saturated rings. The fourth-order valence-electron chi connectivity index (χ4n) is 3.66. The molecule has 0 atom stereocenters. The molecule has 0 amide bonds. The summed E-state index contributed by atoms with van der Waals surface area (Å²) in [6, 6.07) is 18.3. The van der Waals surface area contributed by atoms with Gasteiger partial charge in [-0.2, -0.15) is 0 Å². The van der Waals surface area contributed by atoms with E-state index >= 15 is 4.39 Å². The zero-order valence-corrected chi connectivity index (χ0v) is 16.5. The van der Waals surface area contributed by atoms with Crippen LogP contribution >= 0.6 is 0 Å². The number of hydrogen-bond acceptors (Lipinski definition) is 2. The van der Waals surface area contributed by atoms with Crippen LogP contribution in [0.15, 0.2) is 60.3 Å². The molecule has 1 aliphatic heterocycles. The van der Waals surface area contributed by atoms with Crippen molar-refractivity contribution in [2.75, 3.05) is 0 Å². The van der Waals surface area contributed by atoms with E-state index in [1.54, 1.807) is 0 Å². The second-order valence-electron chi connectivity index (χ2n) is 8.26. The van der Waals surface area contributed by atoms with E-state index in [1.807, 2.05) is 71.0 Å². The Hall–Kier alpha value is -2.17. The van der Waals surface area contributed by atoms with Gasteiger partial charge in [-0.25, -0.2) is 4.39 Å². The normalized spacial score (nSPS) is 19.6. The van der Waals surface area contributed by atoms with Crippen molar-refractivity contribution >= 4 is 34.2 Å². The molecule has 3 aromatic rings. The summed E-state index contributed by atoms with van der Waals surface area (Å²) in [5, 5.41) is 4.24. The van der Waals surface area contributed by atoms with Crippen molar-refractivity contribution < 1.29 is 13.7 Å². The van der Waals surface area contributed by atoms with Gasteiger partial charge in [0.25, 0.3) is 0 Å². The number of allylic oxidation sites excluding steroid dienone is 1. The molecule has 1 aliphatic rings. The number of halogens is 1. The molecule has 1 saturated heterocycles. The molecule has 0 radical (unpaired) electrons. The van der Waals surface area contributed by atoms with Crippen molar-refractivity contribution in [2.45, 2.75) is 45.8 Å². The molecule has 2 nitrogen and oxygen atoms in total. The summed E-state index contributed by atoms with van der Waals surface area (Å²) in [4.78, 5) is 0. The molecule has 0 aromatic heterocycles. The van der Waals surface area contributed by atoms with Gasteiger partial charge in [0.1, 0.15) is 5.73 Å². The van der Waals surface area contributed by atoms with Gasteiger partial charge in [0.2, 0.25) is 0 Å². The van der Waals surface area contributed by atoms with E-state index in [0.717, 1.165) is 27.1 Å². The van der Waals surface area contributed by atoms with E-state index in [4.69, 9.17) is 9.31 Å². The van der Waals surface area contributed by atoms with Crippen LogP contribution in [0.5, 0.6) is 0 Å². The molecule has 0 bridgehead atoms. The first kappa shape index (κ1) is 18.2. The lowest BCUT2D eigenvalue weighted by Crippen LogP contribution is -2.41. The lowest BCUT2D eigenvalue weighted by molar-refractivity contribution is 0.00578. The minimum absolute atomic E-state index is 0.366. The Morgan fingerprint density at radius 3 is 1.74 bits per heavy atom. The third-order valence-electron chi connectivity index (χ3n) is 5.96. The van der Waals surface area contributed by atoms with Crippen LogP contribution < -0.4 is 0 Å². The summed E-state index contributed by atoms with van der Waals surface area (Å²) in [6.07, 6.45) is 0. The topological polar surface area (TPSA) is 18.5 Å². The highest BCUT2D eigenvalue weighted by molar-refractivity contribution is 6.55. The lowest BCUT2D eigenvalue weighted by atomic mass is 9.81. The van der Waals surface area contributed by atoms with Crippen LogP contribution in [0.2, 0.25) is 0 Å². The van der Waals surface area contributed by atoms with Crippen LogP contribution in [0.4, 0.5) is 4.39 Å². The molecule has 1 heterocycles. The summed E-state index contributed by atoms with van der Waals surface area (Å²) in [5.74, 6) is 0. The maximum absolute atomic E-state index is 15.6. The van der Waals surface area contributed by atoms with Crippen LogP contribution in [-0.2, 0) is 9.31 Å². The van der Waals surface area contributed by atoms with Gasteiger partial charge >= 0.3 is 7.12 Å². The summed E-state index contributed by atoms with van der Waals surface area (Å²) in [6.45, 7) is 9.55. The van der Waals surface area contributed by atoms with E-state index in [1.165, 1.54) is 0 Å². The highest BCUT2D eigenvalue weighted by atomic mass is 19.1. The monoisotopic (exact) mass is 362 g/mol. The molecule has 0 saturated carbocycles. The SMILES string of the molecule is CC(=C(F)B1OC(C)(C)C(C)(C)O1)c1c2ccccc2cc2ccccc12. The van der Waals surface area contributed by atoms with Crippen LogP contribution in [0.25, 0.3) is 27.1 Å². The smallest absolute Gasteiger partial charge is 0.398 e. The molecule has 0 unspecified atom stereocenters. The minimum atomic E-state index is -0.993. The molecular formula is C23H24BFO2. The zero-order valence-electron chi connectivity index (χ0n) is 16.5. The van der Waals surface area contributed by atoms with Crippen molar-refractivity contribution in [1.29, 1.82) is 0 Å². The molecule has 3 aromatic carbocycles. The molecular weight excluding hydrogens is 338 g/mol. The van der Waals surface area contributed by atoms with Gasteiger partial charge in [0, 0.05) is 0 Å². The first-order valence-corrected chi connectivity index (χ1v) is 9.34. The zero-order chi connectivity index (χ0) is 19.4. The maximum Gasteiger partial charge on any atom is 0.525 e.